The monoisotopic (exact) mass is 266 g/mol. The molecule has 1 aromatic carbocycles. The van der Waals surface area contributed by atoms with Gasteiger partial charge in [-0.2, -0.15) is 0 Å². The molecule has 0 radical (unpaired) electrons. The van der Waals surface area contributed by atoms with Crippen molar-refractivity contribution in [1.29, 1.82) is 0 Å². The second-order valence-corrected chi connectivity index (χ2v) is 4.85. The zero-order valence-corrected chi connectivity index (χ0v) is 11.1. The van der Waals surface area contributed by atoms with Gasteiger partial charge < -0.3 is 9.67 Å². The molecule has 3 rings (SSSR count). The summed E-state index contributed by atoms with van der Waals surface area (Å²) >= 11 is 0. The first-order valence-corrected chi connectivity index (χ1v) is 6.37. The summed E-state index contributed by atoms with van der Waals surface area (Å²) < 4.78 is 2.12. The number of hydrogen-bond donors (Lipinski definition) is 1. The molecule has 0 aliphatic heterocycles. The number of aryl methyl sites for hydroxylation is 1. The molecule has 0 unspecified atom stereocenters. The number of aromatic carboxylic acids is 1. The number of aromatic nitrogens is 2. The highest BCUT2D eigenvalue weighted by Gasteiger charge is 2.05. The summed E-state index contributed by atoms with van der Waals surface area (Å²) in [5.74, 6) is -0.953. The predicted octanol–water partition coefficient (Wildman–Crippen LogP) is 3.09. The van der Waals surface area contributed by atoms with Crippen molar-refractivity contribution in [2.24, 2.45) is 0 Å². The fraction of sp³-hybridized carbons (Fsp3) is 0.125. The van der Waals surface area contributed by atoms with Gasteiger partial charge in [-0.3, -0.25) is 4.98 Å². The largest absolute Gasteiger partial charge is 0.478 e. The van der Waals surface area contributed by atoms with Crippen molar-refractivity contribution in [1.82, 2.24) is 9.55 Å². The molecule has 0 saturated heterocycles. The fourth-order valence-corrected chi connectivity index (χ4v) is 2.25. The highest BCUT2D eigenvalue weighted by atomic mass is 16.4. The maximum Gasteiger partial charge on any atom is 0.337 e. The molecule has 0 bridgehead atoms. The van der Waals surface area contributed by atoms with Crippen LogP contribution in [0.2, 0.25) is 0 Å². The van der Waals surface area contributed by atoms with Gasteiger partial charge in [0.15, 0.2) is 0 Å². The molecule has 100 valence electrons. The Labute approximate surface area is 116 Å². The van der Waals surface area contributed by atoms with E-state index in [9.17, 15) is 4.79 Å². The van der Waals surface area contributed by atoms with E-state index in [1.807, 2.05) is 6.20 Å². The van der Waals surface area contributed by atoms with Crippen LogP contribution in [0.1, 0.15) is 21.6 Å². The van der Waals surface area contributed by atoms with E-state index in [1.165, 1.54) is 17.1 Å². The van der Waals surface area contributed by atoms with Crippen molar-refractivity contribution < 1.29 is 9.90 Å². The van der Waals surface area contributed by atoms with Gasteiger partial charge in [0.1, 0.15) is 0 Å². The number of hydrogen-bond acceptors (Lipinski definition) is 2. The lowest BCUT2D eigenvalue weighted by Crippen LogP contribution is -2.03. The molecule has 4 nitrogen and oxygen atoms in total. The van der Waals surface area contributed by atoms with Crippen molar-refractivity contribution in [2.45, 2.75) is 13.5 Å². The molecule has 20 heavy (non-hydrogen) atoms. The van der Waals surface area contributed by atoms with E-state index in [-0.39, 0.29) is 5.56 Å². The number of carboxylic acids is 1. The molecule has 4 heteroatoms. The summed E-state index contributed by atoms with van der Waals surface area (Å²) in [6.45, 7) is 2.70. The Balaban J connectivity index is 1.92. The number of fused-ring (bicyclic) bond motifs is 1. The van der Waals surface area contributed by atoms with Crippen molar-refractivity contribution in [3.63, 3.8) is 0 Å². The Bertz CT molecular complexity index is 773. The Morgan fingerprint density at radius 1 is 1.25 bits per heavy atom. The molecule has 0 amide bonds. The highest BCUT2D eigenvalue weighted by Crippen LogP contribution is 2.18. The summed E-state index contributed by atoms with van der Waals surface area (Å²) in [7, 11) is 0. The van der Waals surface area contributed by atoms with Crippen molar-refractivity contribution in [3.8, 4) is 0 Å². The molecule has 0 saturated carbocycles. The summed E-state index contributed by atoms with van der Waals surface area (Å²) in [5.41, 5.74) is 3.43. The third-order valence-corrected chi connectivity index (χ3v) is 3.33. The van der Waals surface area contributed by atoms with E-state index in [4.69, 9.17) is 5.11 Å². The van der Waals surface area contributed by atoms with Gasteiger partial charge in [-0.15, -0.1) is 0 Å². The Morgan fingerprint density at radius 2 is 2.10 bits per heavy atom. The van der Waals surface area contributed by atoms with E-state index in [2.05, 4.69) is 40.7 Å². The SMILES string of the molecule is Cc1ccc2ccn(Cc3ccc(C(=O)O)cn3)c2c1. The topological polar surface area (TPSA) is 55.1 Å². The van der Waals surface area contributed by atoms with Gasteiger partial charge in [-0.05, 0) is 42.1 Å². The van der Waals surface area contributed by atoms with Crippen LogP contribution in [0.25, 0.3) is 10.9 Å². The molecule has 0 aliphatic carbocycles. The Hall–Kier alpha value is -2.62. The van der Waals surface area contributed by atoms with Crippen LogP contribution in [0.4, 0.5) is 0 Å². The van der Waals surface area contributed by atoms with Crippen molar-refractivity contribution in [3.05, 3.63) is 65.6 Å². The number of benzene rings is 1. The Morgan fingerprint density at radius 3 is 2.80 bits per heavy atom. The summed E-state index contributed by atoms with van der Waals surface area (Å²) in [6.07, 6.45) is 3.42. The van der Waals surface area contributed by atoms with E-state index >= 15 is 0 Å². The van der Waals surface area contributed by atoms with Crippen LogP contribution >= 0.6 is 0 Å². The van der Waals surface area contributed by atoms with Gasteiger partial charge in [0.25, 0.3) is 0 Å². The Kier molecular flexibility index (Phi) is 2.99. The maximum absolute atomic E-state index is 10.8. The molecular weight excluding hydrogens is 252 g/mol. The minimum atomic E-state index is -0.953. The number of pyridine rings is 1. The molecule has 1 N–H and O–H groups in total. The predicted molar refractivity (Wildman–Crippen MR) is 77.0 cm³/mol. The second kappa shape index (κ2) is 4.81. The minimum absolute atomic E-state index is 0.210. The first kappa shape index (κ1) is 12.4. The van der Waals surface area contributed by atoms with E-state index < -0.39 is 5.97 Å². The summed E-state index contributed by atoms with van der Waals surface area (Å²) in [4.78, 5) is 15.0. The van der Waals surface area contributed by atoms with Crippen LogP contribution < -0.4 is 0 Å². The third-order valence-electron chi connectivity index (χ3n) is 3.33. The third kappa shape index (κ3) is 2.28. The molecule has 2 aromatic heterocycles. The highest BCUT2D eigenvalue weighted by molar-refractivity contribution is 5.87. The van der Waals surface area contributed by atoms with Crippen LogP contribution in [0, 0.1) is 6.92 Å². The molecule has 0 spiro atoms. The van der Waals surface area contributed by atoms with Crippen LogP contribution in [0.5, 0.6) is 0 Å². The van der Waals surface area contributed by atoms with Gasteiger partial charge in [-0.1, -0.05) is 12.1 Å². The molecule has 0 aliphatic rings. The molecule has 2 heterocycles. The zero-order valence-electron chi connectivity index (χ0n) is 11.1. The fourth-order valence-electron chi connectivity index (χ4n) is 2.25. The minimum Gasteiger partial charge on any atom is -0.478 e. The molecular formula is C16H14N2O2. The van der Waals surface area contributed by atoms with Crippen molar-refractivity contribution >= 4 is 16.9 Å². The average Bonchev–Trinajstić information content (AvgIpc) is 2.82. The van der Waals surface area contributed by atoms with Crippen LogP contribution in [-0.4, -0.2) is 20.6 Å². The van der Waals surface area contributed by atoms with E-state index in [0.29, 0.717) is 6.54 Å². The van der Waals surface area contributed by atoms with Crippen molar-refractivity contribution in [2.75, 3.05) is 0 Å². The summed E-state index contributed by atoms with van der Waals surface area (Å²) in [5, 5.41) is 10.1. The lowest BCUT2D eigenvalue weighted by molar-refractivity contribution is 0.0696. The van der Waals surface area contributed by atoms with E-state index in [1.54, 1.807) is 12.1 Å². The molecule has 0 atom stereocenters. The maximum atomic E-state index is 10.8. The number of rotatable bonds is 3. The van der Waals surface area contributed by atoms with Gasteiger partial charge in [0.05, 0.1) is 17.8 Å². The lowest BCUT2D eigenvalue weighted by atomic mass is 10.2. The average molecular weight is 266 g/mol. The van der Waals surface area contributed by atoms with Crippen LogP contribution in [0.15, 0.2) is 48.8 Å². The zero-order chi connectivity index (χ0) is 14.1. The lowest BCUT2D eigenvalue weighted by Gasteiger charge is -2.06. The van der Waals surface area contributed by atoms with Gasteiger partial charge in [0, 0.05) is 17.9 Å². The molecule has 3 aromatic rings. The number of carbonyl (C=O) groups is 1. The first-order chi connectivity index (χ1) is 9.63. The quantitative estimate of drug-likeness (QED) is 0.792. The number of carboxylic acid groups (broad SMARTS) is 1. The second-order valence-electron chi connectivity index (χ2n) is 4.85. The normalized spacial score (nSPS) is 10.8. The van der Waals surface area contributed by atoms with Crippen LogP contribution in [0.3, 0.4) is 0 Å². The van der Waals surface area contributed by atoms with Gasteiger partial charge in [0.2, 0.25) is 0 Å². The first-order valence-electron chi connectivity index (χ1n) is 6.37. The van der Waals surface area contributed by atoms with E-state index in [0.717, 1.165) is 11.2 Å². The summed E-state index contributed by atoms with van der Waals surface area (Å²) in [6, 6.07) is 11.7. The number of nitrogens with zero attached hydrogens (tertiary/aromatic N) is 2. The standard InChI is InChI=1S/C16H14N2O2/c1-11-2-3-12-6-7-18(15(12)8-11)10-14-5-4-13(9-17-14)16(19)20/h2-9H,10H2,1H3,(H,19,20). The molecule has 0 fully saturated rings. The van der Waals surface area contributed by atoms with Crippen LogP contribution in [-0.2, 0) is 6.54 Å². The van der Waals surface area contributed by atoms with Gasteiger partial charge >= 0.3 is 5.97 Å². The smallest absolute Gasteiger partial charge is 0.337 e. The van der Waals surface area contributed by atoms with Gasteiger partial charge in [-0.25, -0.2) is 4.79 Å².